The molecular weight excluding hydrogens is 262 g/mol. The molecule has 3 aromatic rings. The summed E-state index contributed by atoms with van der Waals surface area (Å²) in [5.41, 5.74) is 0.826. The first-order chi connectivity index (χ1) is 10.2. The molecule has 4 rings (SSSR count). The fraction of sp³-hybridized carbons (Fsp3) is 0.438. The van der Waals surface area contributed by atoms with Crippen LogP contribution in [0.15, 0.2) is 30.6 Å². The minimum Gasteiger partial charge on any atom is -0.354 e. The van der Waals surface area contributed by atoms with Crippen LogP contribution < -0.4 is 4.90 Å². The van der Waals surface area contributed by atoms with Crippen molar-refractivity contribution < 1.29 is 0 Å². The molecule has 5 nitrogen and oxygen atoms in total. The highest BCUT2D eigenvalue weighted by Gasteiger charge is 2.25. The normalized spacial score (nSPS) is 23.0. The summed E-state index contributed by atoms with van der Waals surface area (Å²) in [6.45, 7) is 6.77. The fourth-order valence-corrected chi connectivity index (χ4v) is 3.58. The third-order valence-electron chi connectivity index (χ3n) is 4.31. The van der Waals surface area contributed by atoms with Crippen molar-refractivity contribution in [2.75, 3.05) is 18.0 Å². The Kier molecular flexibility index (Phi) is 2.80. The number of anilines is 1. The predicted octanol–water partition coefficient (Wildman–Crippen LogP) is 2.76. The molecule has 0 amide bonds. The van der Waals surface area contributed by atoms with E-state index in [0.29, 0.717) is 11.8 Å². The lowest BCUT2D eigenvalue weighted by Crippen LogP contribution is -2.39. The summed E-state index contributed by atoms with van der Waals surface area (Å²) in [7, 11) is 0. The van der Waals surface area contributed by atoms with Gasteiger partial charge in [0, 0.05) is 23.9 Å². The van der Waals surface area contributed by atoms with Crippen LogP contribution in [0, 0.1) is 11.8 Å². The maximum atomic E-state index is 4.77. The standard InChI is InChI=1S/C16H19N5/c1-11-7-12(2)9-20(8-11)16-14-6-4-3-5-13(14)15-18-17-10-21(15)19-16/h3-6,10-12H,7-9H2,1-2H3/t11-,12-/m1/s1. The molecule has 0 radical (unpaired) electrons. The van der Waals surface area contributed by atoms with E-state index in [1.54, 1.807) is 10.8 Å². The lowest BCUT2D eigenvalue weighted by molar-refractivity contribution is 0.355. The monoisotopic (exact) mass is 281 g/mol. The van der Waals surface area contributed by atoms with Crippen molar-refractivity contribution >= 4 is 22.2 Å². The van der Waals surface area contributed by atoms with Gasteiger partial charge in [0.05, 0.1) is 0 Å². The predicted molar refractivity (Wildman–Crippen MR) is 83.4 cm³/mol. The molecule has 2 aromatic heterocycles. The van der Waals surface area contributed by atoms with Crippen molar-refractivity contribution in [3.63, 3.8) is 0 Å². The Morgan fingerprint density at radius 3 is 2.52 bits per heavy atom. The van der Waals surface area contributed by atoms with Crippen molar-refractivity contribution in [3.05, 3.63) is 30.6 Å². The highest BCUT2D eigenvalue weighted by Crippen LogP contribution is 2.31. The van der Waals surface area contributed by atoms with Gasteiger partial charge < -0.3 is 4.90 Å². The van der Waals surface area contributed by atoms with Gasteiger partial charge in [-0.05, 0) is 18.3 Å². The highest BCUT2D eigenvalue weighted by atomic mass is 15.4. The molecular formula is C16H19N5. The molecule has 3 heterocycles. The van der Waals surface area contributed by atoms with Crippen LogP contribution in [0.4, 0.5) is 5.82 Å². The van der Waals surface area contributed by atoms with E-state index in [0.717, 1.165) is 29.9 Å². The van der Waals surface area contributed by atoms with Crippen molar-refractivity contribution in [3.8, 4) is 0 Å². The van der Waals surface area contributed by atoms with Crippen LogP contribution in [0.1, 0.15) is 20.3 Å². The number of benzene rings is 1. The van der Waals surface area contributed by atoms with Crippen molar-refractivity contribution in [1.82, 2.24) is 19.8 Å². The Balaban J connectivity index is 1.93. The molecule has 21 heavy (non-hydrogen) atoms. The molecule has 0 saturated carbocycles. The van der Waals surface area contributed by atoms with Gasteiger partial charge in [0.2, 0.25) is 0 Å². The molecule has 1 aliphatic rings. The van der Waals surface area contributed by atoms with E-state index in [-0.39, 0.29) is 0 Å². The van der Waals surface area contributed by atoms with E-state index < -0.39 is 0 Å². The van der Waals surface area contributed by atoms with Gasteiger partial charge >= 0.3 is 0 Å². The van der Waals surface area contributed by atoms with Crippen molar-refractivity contribution in [2.24, 2.45) is 11.8 Å². The number of aromatic nitrogens is 4. The smallest absolute Gasteiger partial charge is 0.185 e. The molecule has 108 valence electrons. The van der Waals surface area contributed by atoms with Crippen molar-refractivity contribution in [2.45, 2.75) is 20.3 Å². The van der Waals surface area contributed by atoms with Crippen LogP contribution in [0.5, 0.6) is 0 Å². The molecule has 5 heteroatoms. The summed E-state index contributed by atoms with van der Waals surface area (Å²) < 4.78 is 1.79. The summed E-state index contributed by atoms with van der Waals surface area (Å²) in [4.78, 5) is 2.42. The maximum Gasteiger partial charge on any atom is 0.185 e. The topological polar surface area (TPSA) is 46.3 Å². The van der Waals surface area contributed by atoms with Crippen molar-refractivity contribution in [1.29, 1.82) is 0 Å². The van der Waals surface area contributed by atoms with E-state index in [2.05, 4.69) is 47.1 Å². The average Bonchev–Trinajstić information content (AvgIpc) is 2.94. The lowest BCUT2D eigenvalue weighted by Gasteiger charge is -2.36. The van der Waals surface area contributed by atoms with Crippen LogP contribution in [-0.4, -0.2) is 32.9 Å². The third-order valence-corrected chi connectivity index (χ3v) is 4.31. The fourth-order valence-electron chi connectivity index (χ4n) is 3.58. The summed E-state index contributed by atoms with van der Waals surface area (Å²) in [6, 6.07) is 8.34. The van der Waals surface area contributed by atoms with E-state index in [4.69, 9.17) is 5.10 Å². The second-order valence-corrected chi connectivity index (χ2v) is 6.32. The number of piperidine rings is 1. The van der Waals surface area contributed by atoms with Crippen LogP contribution in [0.3, 0.4) is 0 Å². The van der Waals surface area contributed by atoms with E-state index in [1.165, 1.54) is 11.8 Å². The van der Waals surface area contributed by atoms with Gasteiger partial charge in [-0.15, -0.1) is 15.3 Å². The Bertz CT molecular complexity index is 784. The molecule has 0 bridgehead atoms. The van der Waals surface area contributed by atoms with Crippen LogP contribution in [0.2, 0.25) is 0 Å². The van der Waals surface area contributed by atoms with Gasteiger partial charge in [0.1, 0.15) is 6.33 Å². The van der Waals surface area contributed by atoms with Crippen LogP contribution in [-0.2, 0) is 0 Å². The van der Waals surface area contributed by atoms with E-state index in [9.17, 15) is 0 Å². The van der Waals surface area contributed by atoms with Crippen LogP contribution >= 0.6 is 0 Å². The zero-order valence-corrected chi connectivity index (χ0v) is 12.4. The minimum atomic E-state index is 0.700. The molecule has 0 unspecified atom stereocenters. The molecule has 1 aromatic carbocycles. The summed E-state index contributed by atoms with van der Waals surface area (Å²) in [5.74, 6) is 2.45. The molecule has 1 fully saturated rings. The van der Waals surface area contributed by atoms with E-state index in [1.807, 2.05) is 6.07 Å². The largest absolute Gasteiger partial charge is 0.354 e. The first-order valence-electron chi connectivity index (χ1n) is 7.56. The number of fused-ring (bicyclic) bond motifs is 3. The summed E-state index contributed by atoms with van der Waals surface area (Å²) >= 11 is 0. The van der Waals surface area contributed by atoms with E-state index >= 15 is 0 Å². The van der Waals surface area contributed by atoms with Gasteiger partial charge in [-0.25, -0.2) is 0 Å². The first kappa shape index (κ1) is 12.6. The Morgan fingerprint density at radius 1 is 1.05 bits per heavy atom. The van der Waals surface area contributed by atoms with Gasteiger partial charge in [-0.1, -0.05) is 38.1 Å². The minimum absolute atomic E-state index is 0.700. The molecule has 2 atom stereocenters. The maximum absolute atomic E-state index is 4.77. The SMILES string of the molecule is C[C@@H]1C[C@@H](C)CN(c2nn3cnnc3c3ccccc23)C1. The zero-order chi connectivity index (χ0) is 14.4. The molecule has 1 aliphatic heterocycles. The molecule has 0 N–H and O–H groups in total. The number of hydrogen-bond acceptors (Lipinski definition) is 4. The third kappa shape index (κ3) is 2.04. The quantitative estimate of drug-likeness (QED) is 0.688. The number of hydrogen-bond donors (Lipinski definition) is 0. The van der Waals surface area contributed by atoms with Crippen LogP contribution in [0.25, 0.3) is 16.4 Å². The molecule has 0 spiro atoms. The summed E-state index contributed by atoms with van der Waals surface area (Å²) in [6.07, 6.45) is 2.98. The second-order valence-electron chi connectivity index (χ2n) is 6.32. The van der Waals surface area contributed by atoms with Gasteiger partial charge in [-0.2, -0.15) is 4.52 Å². The first-order valence-corrected chi connectivity index (χ1v) is 7.56. The Labute approximate surface area is 123 Å². The zero-order valence-electron chi connectivity index (χ0n) is 12.4. The Morgan fingerprint density at radius 2 is 1.76 bits per heavy atom. The highest BCUT2D eigenvalue weighted by molar-refractivity contribution is 6.00. The second kappa shape index (κ2) is 4.69. The molecule has 1 saturated heterocycles. The number of nitrogens with zero attached hydrogens (tertiary/aromatic N) is 5. The Hall–Kier alpha value is -2.17. The molecule has 0 aliphatic carbocycles. The van der Waals surface area contributed by atoms with Gasteiger partial charge in [0.15, 0.2) is 11.5 Å². The summed E-state index contributed by atoms with van der Waals surface area (Å²) in [5, 5.41) is 15.3. The lowest BCUT2D eigenvalue weighted by atomic mass is 9.92. The number of rotatable bonds is 1. The average molecular weight is 281 g/mol. The van der Waals surface area contributed by atoms with Gasteiger partial charge in [-0.3, -0.25) is 0 Å². The van der Waals surface area contributed by atoms with Gasteiger partial charge in [0.25, 0.3) is 0 Å².